The fourth-order valence-corrected chi connectivity index (χ4v) is 4.02. The normalized spacial score (nSPS) is 18.0. The molecular weight excluding hydrogens is 440 g/mol. The summed E-state index contributed by atoms with van der Waals surface area (Å²) in [4.78, 5) is 24.6. The Morgan fingerprint density at radius 1 is 1.18 bits per heavy atom. The summed E-state index contributed by atoms with van der Waals surface area (Å²) in [5.74, 6) is -1.05. The SMILES string of the molecule is Cc1ccnc(Nc2cc(C3=CCN(C(=O)OC(C)(C)C)CC3)cc(N3CCC(F)(F)C3)n2)c1. The van der Waals surface area contributed by atoms with E-state index in [1.165, 1.54) is 0 Å². The Hall–Kier alpha value is -3.23. The van der Waals surface area contributed by atoms with Crippen molar-refractivity contribution in [2.45, 2.75) is 52.1 Å². The molecular formula is C25H31F2N5O2. The Labute approximate surface area is 198 Å². The number of hydrogen-bond donors (Lipinski definition) is 1. The molecule has 1 amide bonds. The molecule has 2 aliphatic heterocycles. The van der Waals surface area contributed by atoms with E-state index >= 15 is 0 Å². The van der Waals surface area contributed by atoms with Crippen LogP contribution in [0.1, 0.15) is 44.7 Å². The van der Waals surface area contributed by atoms with Gasteiger partial charge in [-0.25, -0.2) is 23.5 Å². The molecule has 34 heavy (non-hydrogen) atoms. The van der Waals surface area contributed by atoms with Crippen molar-refractivity contribution in [1.29, 1.82) is 0 Å². The van der Waals surface area contributed by atoms with Crippen molar-refractivity contribution in [1.82, 2.24) is 14.9 Å². The highest BCUT2D eigenvalue weighted by atomic mass is 19.3. The Balaban J connectivity index is 1.60. The summed E-state index contributed by atoms with van der Waals surface area (Å²) in [6.45, 7) is 8.33. The lowest BCUT2D eigenvalue weighted by molar-refractivity contribution is 0.0252. The molecule has 1 saturated heterocycles. The number of nitrogens with zero attached hydrogens (tertiary/aromatic N) is 4. The molecule has 0 atom stereocenters. The molecule has 0 aromatic carbocycles. The molecule has 2 aromatic heterocycles. The third kappa shape index (κ3) is 6.01. The zero-order valence-electron chi connectivity index (χ0n) is 20.1. The fourth-order valence-electron chi connectivity index (χ4n) is 4.02. The van der Waals surface area contributed by atoms with Gasteiger partial charge in [0.1, 0.15) is 23.1 Å². The van der Waals surface area contributed by atoms with Gasteiger partial charge in [0.2, 0.25) is 0 Å². The van der Waals surface area contributed by atoms with Crippen molar-refractivity contribution in [3.8, 4) is 0 Å². The molecule has 0 aliphatic carbocycles. The predicted molar refractivity (Wildman–Crippen MR) is 129 cm³/mol. The summed E-state index contributed by atoms with van der Waals surface area (Å²) in [6.07, 6.45) is 3.79. The number of rotatable bonds is 4. The van der Waals surface area contributed by atoms with Crippen LogP contribution in [-0.2, 0) is 4.74 Å². The van der Waals surface area contributed by atoms with E-state index in [0.29, 0.717) is 37.0 Å². The van der Waals surface area contributed by atoms with Crippen LogP contribution in [0.3, 0.4) is 0 Å². The van der Waals surface area contributed by atoms with E-state index < -0.39 is 11.5 Å². The van der Waals surface area contributed by atoms with Gasteiger partial charge in [0.15, 0.2) is 0 Å². The standard InChI is InChI=1S/C25H31F2N5O2/c1-17-5-9-28-20(13-17)29-21-14-19(15-22(30-21)32-12-8-25(26,27)16-32)18-6-10-31(11-7-18)23(33)34-24(2,3)4/h5-6,9,13-15H,7-8,10-12,16H2,1-4H3,(H,28,29,30). The molecule has 2 aromatic rings. The number of carbonyl (C=O) groups excluding carboxylic acids is 1. The van der Waals surface area contributed by atoms with Crippen LogP contribution < -0.4 is 10.2 Å². The summed E-state index contributed by atoms with van der Waals surface area (Å²) in [7, 11) is 0. The molecule has 2 aliphatic rings. The Kier molecular flexibility index (Phi) is 6.47. The molecule has 9 heteroatoms. The van der Waals surface area contributed by atoms with Crippen LogP contribution in [0.5, 0.6) is 0 Å². The maximum atomic E-state index is 13.9. The van der Waals surface area contributed by atoms with E-state index in [0.717, 1.165) is 16.7 Å². The second kappa shape index (κ2) is 9.19. The van der Waals surface area contributed by atoms with Gasteiger partial charge in [0.05, 0.1) is 6.54 Å². The molecule has 0 saturated carbocycles. The first-order chi connectivity index (χ1) is 16.0. The molecule has 182 valence electrons. The predicted octanol–water partition coefficient (Wildman–Crippen LogP) is 5.40. The first kappa shape index (κ1) is 23.9. The van der Waals surface area contributed by atoms with E-state index in [-0.39, 0.29) is 25.6 Å². The topological polar surface area (TPSA) is 70.6 Å². The molecule has 4 heterocycles. The maximum absolute atomic E-state index is 13.9. The van der Waals surface area contributed by atoms with Crippen molar-refractivity contribution in [3.63, 3.8) is 0 Å². The van der Waals surface area contributed by atoms with Gasteiger partial charge in [0.25, 0.3) is 5.92 Å². The van der Waals surface area contributed by atoms with Crippen LogP contribution in [0.15, 0.2) is 36.5 Å². The molecule has 0 bridgehead atoms. The average Bonchev–Trinajstić information content (AvgIpc) is 3.12. The van der Waals surface area contributed by atoms with Crippen molar-refractivity contribution in [2.24, 2.45) is 0 Å². The number of nitrogens with one attached hydrogen (secondary N) is 1. The molecule has 0 radical (unpaired) electrons. The third-order valence-corrected chi connectivity index (χ3v) is 5.71. The lowest BCUT2D eigenvalue weighted by Crippen LogP contribution is -2.39. The van der Waals surface area contributed by atoms with Gasteiger partial charge in [0, 0.05) is 32.3 Å². The Morgan fingerprint density at radius 3 is 2.59 bits per heavy atom. The highest BCUT2D eigenvalue weighted by Crippen LogP contribution is 2.34. The van der Waals surface area contributed by atoms with Crippen LogP contribution in [0.25, 0.3) is 5.57 Å². The van der Waals surface area contributed by atoms with Crippen molar-refractivity contribution >= 4 is 29.1 Å². The monoisotopic (exact) mass is 471 g/mol. The number of amides is 1. The van der Waals surface area contributed by atoms with Crippen molar-refractivity contribution in [2.75, 3.05) is 36.4 Å². The van der Waals surface area contributed by atoms with Gasteiger partial charge < -0.3 is 19.9 Å². The van der Waals surface area contributed by atoms with Crippen molar-refractivity contribution in [3.05, 3.63) is 47.7 Å². The molecule has 1 fully saturated rings. The lowest BCUT2D eigenvalue weighted by Gasteiger charge is -2.30. The highest BCUT2D eigenvalue weighted by Gasteiger charge is 2.39. The second-order valence-electron chi connectivity index (χ2n) is 9.88. The third-order valence-electron chi connectivity index (χ3n) is 5.71. The summed E-state index contributed by atoms with van der Waals surface area (Å²) in [5.41, 5.74) is 2.42. The van der Waals surface area contributed by atoms with Crippen LogP contribution in [0.4, 0.5) is 31.0 Å². The number of aromatic nitrogens is 2. The largest absolute Gasteiger partial charge is 0.444 e. The quantitative estimate of drug-likeness (QED) is 0.644. The zero-order valence-corrected chi connectivity index (χ0v) is 20.1. The maximum Gasteiger partial charge on any atom is 0.410 e. The Morgan fingerprint density at radius 2 is 1.97 bits per heavy atom. The number of ether oxygens (including phenoxy) is 1. The first-order valence-electron chi connectivity index (χ1n) is 11.5. The van der Waals surface area contributed by atoms with Gasteiger partial charge >= 0.3 is 6.09 Å². The van der Waals surface area contributed by atoms with Gasteiger partial charge in [-0.15, -0.1) is 0 Å². The highest BCUT2D eigenvalue weighted by molar-refractivity contribution is 5.75. The first-order valence-corrected chi connectivity index (χ1v) is 11.5. The summed E-state index contributed by atoms with van der Waals surface area (Å²) < 4.78 is 33.3. The Bertz CT molecular complexity index is 1100. The second-order valence-corrected chi connectivity index (χ2v) is 9.88. The van der Waals surface area contributed by atoms with Crippen LogP contribution in [0, 0.1) is 6.92 Å². The molecule has 0 spiro atoms. The lowest BCUT2D eigenvalue weighted by atomic mass is 10.00. The number of halogens is 2. The number of hydrogen-bond acceptors (Lipinski definition) is 6. The number of aryl methyl sites for hydroxylation is 1. The van der Waals surface area contributed by atoms with Crippen LogP contribution in [0.2, 0.25) is 0 Å². The summed E-state index contributed by atoms with van der Waals surface area (Å²) in [6, 6.07) is 7.55. The molecule has 0 unspecified atom stereocenters. The van der Waals surface area contributed by atoms with Crippen LogP contribution >= 0.6 is 0 Å². The number of alkyl halides is 2. The molecule has 7 nitrogen and oxygen atoms in total. The number of anilines is 3. The minimum absolute atomic E-state index is 0.186. The van der Waals surface area contributed by atoms with Crippen LogP contribution in [-0.4, -0.2) is 58.7 Å². The van der Waals surface area contributed by atoms with Gasteiger partial charge in [-0.3, -0.25) is 0 Å². The van der Waals surface area contributed by atoms with Gasteiger partial charge in [-0.2, -0.15) is 0 Å². The fraction of sp³-hybridized carbons (Fsp3) is 0.480. The van der Waals surface area contributed by atoms with E-state index in [4.69, 9.17) is 4.74 Å². The van der Waals surface area contributed by atoms with E-state index in [1.54, 1.807) is 16.0 Å². The van der Waals surface area contributed by atoms with E-state index in [9.17, 15) is 13.6 Å². The zero-order chi connectivity index (χ0) is 24.5. The smallest absolute Gasteiger partial charge is 0.410 e. The minimum atomic E-state index is -2.72. The summed E-state index contributed by atoms with van der Waals surface area (Å²) >= 11 is 0. The van der Waals surface area contributed by atoms with Gasteiger partial charge in [-0.05, 0) is 75.1 Å². The molecule has 4 rings (SSSR count). The van der Waals surface area contributed by atoms with Gasteiger partial charge in [-0.1, -0.05) is 6.08 Å². The number of pyridine rings is 2. The summed E-state index contributed by atoms with van der Waals surface area (Å²) in [5, 5.41) is 3.21. The number of carbonyl (C=O) groups is 1. The minimum Gasteiger partial charge on any atom is -0.444 e. The van der Waals surface area contributed by atoms with E-state index in [1.807, 2.05) is 58.0 Å². The van der Waals surface area contributed by atoms with E-state index in [2.05, 4.69) is 15.3 Å². The van der Waals surface area contributed by atoms with Crippen molar-refractivity contribution < 1.29 is 18.3 Å². The average molecular weight is 472 g/mol. The molecule has 1 N–H and O–H groups in total.